The minimum absolute atomic E-state index is 0.732. The van der Waals surface area contributed by atoms with Crippen LogP contribution in [0.3, 0.4) is 0 Å². The number of fused-ring (bicyclic) bond motifs is 1. The first kappa shape index (κ1) is 12.8. The van der Waals surface area contributed by atoms with Gasteiger partial charge in [-0.05, 0) is 28.5 Å². The van der Waals surface area contributed by atoms with Gasteiger partial charge in [0.25, 0.3) is 0 Å². The smallest absolute Gasteiger partial charge is 0.0366 e. The molecule has 2 aromatic carbocycles. The van der Waals surface area contributed by atoms with Gasteiger partial charge in [0.15, 0.2) is 0 Å². The number of nitrogens with zero attached hydrogens (tertiary/aromatic N) is 1. The van der Waals surface area contributed by atoms with Crippen molar-refractivity contribution in [2.75, 3.05) is 24.6 Å². The first-order valence-corrected chi connectivity index (χ1v) is 7.88. The molecular weight excluding hydrogens is 252 g/mol. The highest BCUT2D eigenvalue weighted by Gasteiger charge is 2.17. The van der Waals surface area contributed by atoms with Crippen molar-refractivity contribution in [3.8, 4) is 0 Å². The van der Waals surface area contributed by atoms with Crippen LogP contribution in [0.5, 0.6) is 0 Å². The van der Waals surface area contributed by atoms with Crippen molar-refractivity contribution in [3.05, 3.63) is 42.0 Å². The Bertz CT molecular complexity index is 582. The SMILES string of the molecule is CC1CN(Cc2cc3ccccc3cc2N)CCS1. The Hall–Kier alpha value is -1.19. The van der Waals surface area contributed by atoms with Gasteiger partial charge in [0.1, 0.15) is 0 Å². The zero-order valence-electron chi connectivity index (χ0n) is 11.3. The Balaban J connectivity index is 1.85. The van der Waals surface area contributed by atoms with Crippen LogP contribution in [-0.2, 0) is 6.54 Å². The summed E-state index contributed by atoms with van der Waals surface area (Å²) in [5.74, 6) is 1.23. The number of anilines is 1. The fraction of sp³-hybridized carbons (Fsp3) is 0.375. The Morgan fingerprint density at radius 1 is 1.26 bits per heavy atom. The molecule has 1 heterocycles. The molecule has 1 aliphatic heterocycles. The molecule has 0 radical (unpaired) electrons. The van der Waals surface area contributed by atoms with E-state index < -0.39 is 0 Å². The monoisotopic (exact) mass is 272 g/mol. The Morgan fingerprint density at radius 2 is 2.00 bits per heavy atom. The highest BCUT2D eigenvalue weighted by Crippen LogP contribution is 2.25. The normalized spacial score (nSPS) is 20.8. The van der Waals surface area contributed by atoms with E-state index in [2.05, 4.69) is 60.0 Å². The van der Waals surface area contributed by atoms with E-state index in [4.69, 9.17) is 5.73 Å². The molecule has 1 atom stereocenters. The van der Waals surface area contributed by atoms with Crippen molar-refractivity contribution in [3.63, 3.8) is 0 Å². The molecule has 1 unspecified atom stereocenters. The summed E-state index contributed by atoms with van der Waals surface area (Å²) in [6.45, 7) is 5.61. The molecule has 19 heavy (non-hydrogen) atoms. The second kappa shape index (κ2) is 5.43. The van der Waals surface area contributed by atoms with Crippen molar-refractivity contribution >= 4 is 28.2 Å². The summed E-state index contributed by atoms with van der Waals surface area (Å²) in [7, 11) is 0. The maximum atomic E-state index is 6.21. The molecule has 2 N–H and O–H groups in total. The van der Waals surface area contributed by atoms with Gasteiger partial charge in [-0.1, -0.05) is 31.2 Å². The first-order chi connectivity index (χ1) is 9.22. The number of thioether (sulfide) groups is 1. The lowest BCUT2D eigenvalue weighted by molar-refractivity contribution is 0.279. The second-order valence-electron chi connectivity index (χ2n) is 5.31. The molecule has 2 aromatic rings. The standard InChI is InChI=1S/C16H20N2S/c1-12-10-18(6-7-19-12)11-15-8-13-4-2-3-5-14(13)9-16(15)17/h2-5,8-9,12H,6-7,10-11,17H2,1H3. The molecule has 1 fully saturated rings. The number of hydrogen-bond acceptors (Lipinski definition) is 3. The van der Waals surface area contributed by atoms with E-state index in [1.54, 1.807) is 0 Å². The van der Waals surface area contributed by atoms with Crippen LogP contribution < -0.4 is 5.73 Å². The van der Waals surface area contributed by atoms with Gasteiger partial charge in [-0.15, -0.1) is 0 Å². The van der Waals surface area contributed by atoms with Gasteiger partial charge in [-0.3, -0.25) is 4.90 Å². The molecule has 100 valence electrons. The molecule has 0 spiro atoms. The first-order valence-electron chi connectivity index (χ1n) is 6.83. The van der Waals surface area contributed by atoms with Crippen LogP contribution in [0, 0.1) is 0 Å². The van der Waals surface area contributed by atoms with Gasteiger partial charge < -0.3 is 5.73 Å². The average Bonchev–Trinajstić information content (AvgIpc) is 2.40. The fourth-order valence-corrected chi connectivity index (χ4v) is 3.80. The Kier molecular flexibility index (Phi) is 3.67. The van der Waals surface area contributed by atoms with Gasteiger partial charge in [0.2, 0.25) is 0 Å². The van der Waals surface area contributed by atoms with Crippen LogP contribution in [0.4, 0.5) is 5.69 Å². The molecule has 3 rings (SSSR count). The molecule has 0 bridgehead atoms. The molecule has 0 aliphatic carbocycles. The quantitative estimate of drug-likeness (QED) is 0.850. The van der Waals surface area contributed by atoms with Crippen LogP contribution in [0.2, 0.25) is 0 Å². The average molecular weight is 272 g/mol. The predicted octanol–water partition coefficient (Wildman–Crippen LogP) is 3.36. The maximum Gasteiger partial charge on any atom is 0.0366 e. The number of hydrogen-bond donors (Lipinski definition) is 1. The zero-order chi connectivity index (χ0) is 13.2. The van der Waals surface area contributed by atoms with Crippen LogP contribution in [0.25, 0.3) is 10.8 Å². The number of nitrogen functional groups attached to an aromatic ring is 1. The third-order valence-corrected chi connectivity index (χ3v) is 4.86. The van der Waals surface area contributed by atoms with Crippen LogP contribution >= 0.6 is 11.8 Å². The number of benzene rings is 2. The van der Waals surface area contributed by atoms with Gasteiger partial charge in [-0.2, -0.15) is 11.8 Å². The van der Waals surface area contributed by atoms with Gasteiger partial charge in [0, 0.05) is 36.3 Å². The van der Waals surface area contributed by atoms with E-state index in [0.29, 0.717) is 0 Å². The van der Waals surface area contributed by atoms with E-state index in [1.807, 2.05) is 0 Å². The van der Waals surface area contributed by atoms with Crippen molar-refractivity contribution < 1.29 is 0 Å². The molecule has 1 aliphatic rings. The molecule has 0 aromatic heterocycles. The lowest BCUT2D eigenvalue weighted by Crippen LogP contribution is -2.36. The second-order valence-corrected chi connectivity index (χ2v) is 6.86. The lowest BCUT2D eigenvalue weighted by Gasteiger charge is -2.30. The minimum Gasteiger partial charge on any atom is -0.398 e. The molecule has 2 nitrogen and oxygen atoms in total. The molecule has 0 amide bonds. The highest BCUT2D eigenvalue weighted by atomic mass is 32.2. The maximum absolute atomic E-state index is 6.21. The molecule has 0 saturated carbocycles. The largest absolute Gasteiger partial charge is 0.398 e. The van der Waals surface area contributed by atoms with Crippen molar-refractivity contribution in [2.24, 2.45) is 0 Å². The van der Waals surface area contributed by atoms with Crippen LogP contribution in [0.1, 0.15) is 12.5 Å². The Morgan fingerprint density at radius 3 is 2.74 bits per heavy atom. The minimum atomic E-state index is 0.732. The summed E-state index contributed by atoms with van der Waals surface area (Å²) in [6, 6.07) is 12.8. The van der Waals surface area contributed by atoms with Crippen LogP contribution in [-0.4, -0.2) is 29.0 Å². The van der Waals surface area contributed by atoms with E-state index >= 15 is 0 Å². The summed E-state index contributed by atoms with van der Waals surface area (Å²) < 4.78 is 0. The number of rotatable bonds is 2. The Labute approximate surface area is 119 Å². The predicted molar refractivity (Wildman–Crippen MR) is 85.6 cm³/mol. The van der Waals surface area contributed by atoms with E-state index in [1.165, 1.54) is 28.6 Å². The molecular formula is C16H20N2S. The lowest BCUT2D eigenvalue weighted by atomic mass is 10.0. The highest BCUT2D eigenvalue weighted by molar-refractivity contribution is 7.99. The summed E-state index contributed by atoms with van der Waals surface area (Å²) in [4.78, 5) is 2.52. The van der Waals surface area contributed by atoms with E-state index in [0.717, 1.165) is 24.0 Å². The number of nitrogens with two attached hydrogens (primary N) is 1. The van der Waals surface area contributed by atoms with Gasteiger partial charge in [-0.25, -0.2) is 0 Å². The van der Waals surface area contributed by atoms with Crippen molar-refractivity contribution in [1.82, 2.24) is 4.90 Å². The third-order valence-electron chi connectivity index (χ3n) is 3.73. The van der Waals surface area contributed by atoms with Gasteiger partial charge >= 0.3 is 0 Å². The van der Waals surface area contributed by atoms with E-state index in [9.17, 15) is 0 Å². The van der Waals surface area contributed by atoms with Crippen molar-refractivity contribution in [2.45, 2.75) is 18.7 Å². The topological polar surface area (TPSA) is 29.3 Å². The van der Waals surface area contributed by atoms with Crippen molar-refractivity contribution in [1.29, 1.82) is 0 Å². The summed E-state index contributed by atoms with van der Waals surface area (Å²) in [6.07, 6.45) is 0. The third kappa shape index (κ3) is 2.88. The zero-order valence-corrected chi connectivity index (χ0v) is 12.1. The summed E-state index contributed by atoms with van der Waals surface area (Å²) in [5.41, 5.74) is 8.39. The van der Waals surface area contributed by atoms with Gasteiger partial charge in [0.05, 0.1) is 0 Å². The summed E-state index contributed by atoms with van der Waals surface area (Å²) >= 11 is 2.07. The fourth-order valence-electron chi connectivity index (χ4n) is 2.72. The summed E-state index contributed by atoms with van der Waals surface area (Å²) in [5, 5.41) is 3.24. The molecule has 1 saturated heterocycles. The van der Waals surface area contributed by atoms with E-state index in [-0.39, 0.29) is 0 Å². The molecule has 3 heteroatoms. The van der Waals surface area contributed by atoms with Crippen LogP contribution in [0.15, 0.2) is 36.4 Å².